The van der Waals surface area contributed by atoms with Crippen LogP contribution in [0.25, 0.3) is 0 Å². The third-order valence-electron chi connectivity index (χ3n) is 6.23. The molecule has 3 aromatic rings. The standard InChI is InChI=1S/C24H29N5O2S/c1-16-14-21(30)29(24(16)31)9-5-8-27-10-12-28(13-11-27)22-18-15-17(2)32-23(18)26-20-7-4-3-6-19(20)25-22/h3-4,6-7,14-15,26,30-31H,5,8-13H2,1-2H3. The zero-order valence-electron chi connectivity index (χ0n) is 18.5. The fourth-order valence-electron chi connectivity index (χ4n) is 4.50. The summed E-state index contributed by atoms with van der Waals surface area (Å²) >= 11 is 1.78. The third-order valence-corrected chi connectivity index (χ3v) is 7.20. The van der Waals surface area contributed by atoms with E-state index in [1.165, 1.54) is 10.4 Å². The van der Waals surface area contributed by atoms with E-state index in [0.29, 0.717) is 12.1 Å². The molecule has 168 valence electrons. The first kappa shape index (κ1) is 20.9. The van der Waals surface area contributed by atoms with Crippen LogP contribution >= 0.6 is 11.3 Å². The first-order chi connectivity index (χ1) is 15.5. The maximum atomic E-state index is 10.1. The molecule has 3 N–H and O–H groups in total. The quantitative estimate of drug-likeness (QED) is 0.547. The molecule has 2 aliphatic heterocycles. The van der Waals surface area contributed by atoms with Gasteiger partial charge in [0.25, 0.3) is 0 Å². The van der Waals surface area contributed by atoms with Crippen LogP contribution in [0.3, 0.4) is 0 Å². The first-order valence-electron chi connectivity index (χ1n) is 11.1. The van der Waals surface area contributed by atoms with Gasteiger partial charge in [-0.05, 0) is 45.0 Å². The summed E-state index contributed by atoms with van der Waals surface area (Å²) in [5, 5.41) is 24.8. The summed E-state index contributed by atoms with van der Waals surface area (Å²) in [6.07, 6.45) is 0.876. The highest BCUT2D eigenvalue weighted by molar-refractivity contribution is 7.16. The Bertz CT molecular complexity index is 1160. The number of nitrogens with one attached hydrogen (secondary N) is 1. The van der Waals surface area contributed by atoms with Gasteiger partial charge in [0.15, 0.2) is 11.8 Å². The van der Waals surface area contributed by atoms with E-state index < -0.39 is 0 Å². The lowest BCUT2D eigenvalue weighted by Crippen LogP contribution is -2.49. The van der Waals surface area contributed by atoms with E-state index in [0.717, 1.165) is 61.4 Å². The number of aromatic hydroxyl groups is 2. The average molecular weight is 452 g/mol. The average Bonchev–Trinajstić information content (AvgIpc) is 3.20. The Kier molecular flexibility index (Phi) is 5.57. The van der Waals surface area contributed by atoms with Crippen LogP contribution in [0.1, 0.15) is 22.4 Å². The topological polar surface area (TPSA) is 76.3 Å². The number of aryl methyl sites for hydroxylation is 2. The molecule has 0 spiro atoms. The van der Waals surface area contributed by atoms with Gasteiger partial charge in [0.05, 0.1) is 16.9 Å². The maximum absolute atomic E-state index is 10.1. The normalized spacial score (nSPS) is 16.2. The summed E-state index contributed by atoms with van der Waals surface area (Å²) in [6.45, 7) is 9.27. The van der Waals surface area contributed by atoms with Crippen LogP contribution in [0.5, 0.6) is 11.8 Å². The number of rotatable bonds is 4. The van der Waals surface area contributed by atoms with Crippen molar-refractivity contribution in [2.45, 2.75) is 26.8 Å². The number of hydrogen-bond donors (Lipinski definition) is 3. The number of nitrogens with zero attached hydrogens (tertiary/aromatic N) is 4. The number of para-hydroxylation sites is 2. The number of aromatic nitrogens is 1. The summed E-state index contributed by atoms with van der Waals surface area (Å²) in [5.74, 6) is 1.35. The Morgan fingerprint density at radius 1 is 1.03 bits per heavy atom. The molecule has 0 atom stereocenters. The Balaban J connectivity index is 1.25. The van der Waals surface area contributed by atoms with Crippen molar-refractivity contribution >= 4 is 33.5 Å². The molecular weight excluding hydrogens is 422 g/mol. The molecule has 7 nitrogen and oxygen atoms in total. The molecule has 2 aliphatic rings. The number of anilines is 2. The molecule has 2 aromatic heterocycles. The Labute approximate surface area is 192 Å². The highest BCUT2D eigenvalue weighted by atomic mass is 32.1. The fraction of sp³-hybridized carbons (Fsp3) is 0.375. The lowest BCUT2D eigenvalue weighted by Gasteiger charge is -2.36. The SMILES string of the molecule is Cc1cc2c(s1)Nc1ccccc1N=C2N1CCN(CCCn2c(O)cc(C)c2O)CC1. The van der Waals surface area contributed by atoms with E-state index in [2.05, 4.69) is 40.2 Å². The molecule has 1 saturated heterocycles. The molecular formula is C24H29N5O2S. The third kappa shape index (κ3) is 3.96. The van der Waals surface area contributed by atoms with Gasteiger partial charge < -0.3 is 20.4 Å². The van der Waals surface area contributed by atoms with Gasteiger partial charge in [0.2, 0.25) is 0 Å². The number of thiophene rings is 1. The van der Waals surface area contributed by atoms with Crippen molar-refractivity contribution < 1.29 is 10.2 Å². The van der Waals surface area contributed by atoms with Crippen LogP contribution in [0.4, 0.5) is 16.4 Å². The number of fused-ring (bicyclic) bond motifs is 2. The highest BCUT2D eigenvalue weighted by Gasteiger charge is 2.26. The van der Waals surface area contributed by atoms with Gasteiger partial charge in [-0.2, -0.15) is 0 Å². The molecule has 0 amide bonds. The van der Waals surface area contributed by atoms with Crippen molar-refractivity contribution in [1.82, 2.24) is 14.4 Å². The molecule has 0 bridgehead atoms. The Morgan fingerprint density at radius 2 is 1.81 bits per heavy atom. The van der Waals surface area contributed by atoms with Crippen molar-refractivity contribution in [1.29, 1.82) is 0 Å². The van der Waals surface area contributed by atoms with E-state index in [-0.39, 0.29) is 11.8 Å². The minimum absolute atomic E-state index is 0.131. The van der Waals surface area contributed by atoms with Crippen LogP contribution in [0.2, 0.25) is 0 Å². The molecule has 0 radical (unpaired) electrons. The second-order valence-corrected chi connectivity index (χ2v) is 9.78. The van der Waals surface area contributed by atoms with Crippen LogP contribution in [-0.4, -0.2) is 63.1 Å². The fourth-order valence-corrected chi connectivity index (χ4v) is 5.42. The van der Waals surface area contributed by atoms with Gasteiger partial charge in [0, 0.05) is 49.2 Å². The van der Waals surface area contributed by atoms with Gasteiger partial charge in [-0.3, -0.25) is 9.47 Å². The van der Waals surface area contributed by atoms with Crippen molar-refractivity contribution in [3.05, 3.63) is 52.4 Å². The highest BCUT2D eigenvalue weighted by Crippen LogP contribution is 2.39. The van der Waals surface area contributed by atoms with E-state index in [1.807, 2.05) is 12.1 Å². The molecule has 32 heavy (non-hydrogen) atoms. The molecule has 1 fully saturated rings. The van der Waals surface area contributed by atoms with Gasteiger partial charge >= 0.3 is 0 Å². The van der Waals surface area contributed by atoms with Crippen molar-refractivity contribution in [3.8, 4) is 11.8 Å². The smallest absolute Gasteiger partial charge is 0.196 e. The van der Waals surface area contributed by atoms with Gasteiger partial charge in [-0.1, -0.05) is 12.1 Å². The van der Waals surface area contributed by atoms with Crippen LogP contribution in [0, 0.1) is 13.8 Å². The Hall–Kier alpha value is -2.97. The van der Waals surface area contributed by atoms with Crippen molar-refractivity contribution in [3.63, 3.8) is 0 Å². The summed E-state index contributed by atoms with van der Waals surface area (Å²) in [6, 6.07) is 12.1. The maximum Gasteiger partial charge on any atom is 0.196 e. The van der Waals surface area contributed by atoms with E-state index >= 15 is 0 Å². The number of amidine groups is 1. The molecule has 8 heteroatoms. The van der Waals surface area contributed by atoms with Crippen molar-refractivity contribution in [2.75, 3.05) is 38.0 Å². The summed E-state index contributed by atoms with van der Waals surface area (Å²) < 4.78 is 1.58. The number of benzene rings is 1. The van der Waals surface area contributed by atoms with Crippen LogP contribution < -0.4 is 5.32 Å². The molecule has 0 unspecified atom stereocenters. The summed E-state index contributed by atoms with van der Waals surface area (Å²) in [7, 11) is 0. The lowest BCUT2D eigenvalue weighted by molar-refractivity contribution is 0.177. The number of aliphatic imine (C=N–C) groups is 1. The molecule has 0 saturated carbocycles. The van der Waals surface area contributed by atoms with E-state index in [9.17, 15) is 10.2 Å². The summed E-state index contributed by atoms with van der Waals surface area (Å²) in [4.78, 5) is 11.2. The summed E-state index contributed by atoms with van der Waals surface area (Å²) in [5.41, 5.74) is 3.93. The largest absolute Gasteiger partial charge is 0.494 e. The number of piperazine rings is 1. The minimum Gasteiger partial charge on any atom is -0.494 e. The van der Waals surface area contributed by atoms with E-state index in [4.69, 9.17) is 4.99 Å². The monoisotopic (exact) mass is 451 g/mol. The van der Waals surface area contributed by atoms with Gasteiger partial charge in [-0.15, -0.1) is 11.3 Å². The van der Waals surface area contributed by atoms with Gasteiger partial charge in [0.1, 0.15) is 10.8 Å². The van der Waals surface area contributed by atoms with E-state index in [1.54, 1.807) is 28.9 Å². The molecule has 0 aliphatic carbocycles. The van der Waals surface area contributed by atoms with Crippen LogP contribution in [0.15, 0.2) is 41.4 Å². The zero-order chi connectivity index (χ0) is 22.2. The predicted molar refractivity (Wildman–Crippen MR) is 130 cm³/mol. The van der Waals surface area contributed by atoms with Crippen LogP contribution in [-0.2, 0) is 6.54 Å². The molecule has 4 heterocycles. The molecule has 5 rings (SSSR count). The predicted octanol–water partition coefficient (Wildman–Crippen LogP) is 4.42. The second kappa shape index (κ2) is 8.52. The minimum atomic E-state index is 0.131. The first-order valence-corrected chi connectivity index (χ1v) is 11.9. The molecule has 1 aromatic carbocycles. The van der Waals surface area contributed by atoms with Crippen molar-refractivity contribution in [2.24, 2.45) is 4.99 Å². The second-order valence-electron chi connectivity index (χ2n) is 8.52. The number of hydrogen-bond acceptors (Lipinski definition) is 7. The zero-order valence-corrected chi connectivity index (χ0v) is 19.3. The Morgan fingerprint density at radius 3 is 2.56 bits per heavy atom. The van der Waals surface area contributed by atoms with Gasteiger partial charge in [-0.25, -0.2) is 4.99 Å². The lowest BCUT2D eigenvalue weighted by atomic mass is 10.2.